The first-order chi connectivity index (χ1) is 7.18. The molecule has 1 aliphatic heterocycles. The van der Waals surface area contributed by atoms with Crippen LogP contribution in [0.25, 0.3) is 0 Å². The van der Waals surface area contributed by atoms with E-state index in [1.165, 1.54) is 12.8 Å². The van der Waals surface area contributed by atoms with Crippen LogP contribution in [0.4, 0.5) is 11.4 Å². The van der Waals surface area contributed by atoms with Gasteiger partial charge in [0.15, 0.2) is 0 Å². The minimum atomic E-state index is 0.768. The van der Waals surface area contributed by atoms with Crippen molar-refractivity contribution in [3.63, 3.8) is 0 Å². The van der Waals surface area contributed by atoms with Crippen molar-refractivity contribution in [3.8, 4) is 0 Å². The molecular formula is C12H17ClN2. The van der Waals surface area contributed by atoms with Gasteiger partial charge in [-0.25, -0.2) is 0 Å². The molecule has 0 bridgehead atoms. The number of halogens is 1. The largest absolute Gasteiger partial charge is 0.397 e. The highest BCUT2D eigenvalue weighted by Crippen LogP contribution is 2.34. The normalized spacial score (nSPS) is 18.1. The van der Waals surface area contributed by atoms with Crippen LogP contribution in [0, 0.1) is 5.92 Å². The topological polar surface area (TPSA) is 29.3 Å². The third kappa shape index (κ3) is 2.20. The molecule has 0 atom stereocenters. The maximum absolute atomic E-state index is 6.18. The number of piperidine rings is 1. The van der Waals surface area contributed by atoms with Gasteiger partial charge in [-0.05, 0) is 30.9 Å². The Morgan fingerprint density at radius 2 is 2.00 bits per heavy atom. The zero-order valence-electron chi connectivity index (χ0n) is 9.04. The van der Waals surface area contributed by atoms with Crippen molar-refractivity contribution >= 4 is 23.0 Å². The molecular weight excluding hydrogens is 208 g/mol. The second kappa shape index (κ2) is 4.31. The van der Waals surface area contributed by atoms with Crippen molar-refractivity contribution in [3.05, 3.63) is 23.2 Å². The molecule has 1 aromatic rings. The highest BCUT2D eigenvalue weighted by molar-refractivity contribution is 6.34. The number of rotatable bonds is 1. The van der Waals surface area contributed by atoms with Crippen LogP contribution in [-0.4, -0.2) is 13.1 Å². The molecule has 2 N–H and O–H groups in total. The summed E-state index contributed by atoms with van der Waals surface area (Å²) in [5.41, 5.74) is 7.77. The van der Waals surface area contributed by atoms with Gasteiger partial charge in [0.1, 0.15) is 0 Å². The third-order valence-corrected chi connectivity index (χ3v) is 3.42. The minimum absolute atomic E-state index is 0.768. The fourth-order valence-electron chi connectivity index (χ4n) is 2.10. The molecule has 1 aromatic carbocycles. The lowest BCUT2D eigenvalue weighted by atomic mass is 9.98. The molecule has 1 fully saturated rings. The maximum Gasteiger partial charge on any atom is 0.0789 e. The van der Waals surface area contributed by atoms with Gasteiger partial charge in [-0.2, -0.15) is 0 Å². The molecule has 0 aliphatic carbocycles. The van der Waals surface area contributed by atoms with Crippen molar-refractivity contribution in [2.75, 3.05) is 23.7 Å². The standard InChI is InChI=1S/C12H17ClN2/c1-9-5-7-15(8-6-9)12-10(13)3-2-4-11(12)14/h2-4,9H,5-8,14H2,1H3. The lowest BCUT2D eigenvalue weighted by molar-refractivity contribution is 0.439. The van der Waals surface area contributed by atoms with Gasteiger partial charge < -0.3 is 10.6 Å². The summed E-state index contributed by atoms with van der Waals surface area (Å²) in [7, 11) is 0. The van der Waals surface area contributed by atoms with E-state index in [9.17, 15) is 0 Å². The molecule has 15 heavy (non-hydrogen) atoms. The second-order valence-electron chi connectivity index (χ2n) is 4.35. The number of hydrogen-bond acceptors (Lipinski definition) is 2. The van der Waals surface area contributed by atoms with Crippen LogP contribution in [0.15, 0.2) is 18.2 Å². The van der Waals surface area contributed by atoms with Crippen LogP contribution >= 0.6 is 11.6 Å². The summed E-state index contributed by atoms with van der Waals surface area (Å²) in [6.45, 7) is 4.43. The third-order valence-electron chi connectivity index (χ3n) is 3.12. The number of nitrogens with zero attached hydrogens (tertiary/aromatic N) is 1. The van der Waals surface area contributed by atoms with E-state index in [1.807, 2.05) is 18.2 Å². The van der Waals surface area contributed by atoms with Crippen LogP contribution in [0.1, 0.15) is 19.8 Å². The van der Waals surface area contributed by atoms with Gasteiger partial charge in [-0.1, -0.05) is 24.6 Å². The van der Waals surface area contributed by atoms with Crippen LogP contribution in [0.2, 0.25) is 5.02 Å². The first-order valence-electron chi connectivity index (χ1n) is 5.47. The molecule has 0 radical (unpaired) electrons. The molecule has 1 saturated heterocycles. The quantitative estimate of drug-likeness (QED) is 0.743. The first kappa shape index (κ1) is 10.6. The number of nitrogens with two attached hydrogens (primary N) is 1. The number of hydrogen-bond donors (Lipinski definition) is 1. The van der Waals surface area contributed by atoms with Gasteiger partial charge in [-0.15, -0.1) is 0 Å². The Morgan fingerprint density at radius 1 is 1.33 bits per heavy atom. The van der Waals surface area contributed by atoms with Crippen molar-refractivity contribution in [2.24, 2.45) is 5.92 Å². The lowest BCUT2D eigenvalue weighted by Gasteiger charge is -2.33. The smallest absolute Gasteiger partial charge is 0.0789 e. The molecule has 0 amide bonds. The van der Waals surface area contributed by atoms with Crippen molar-refractivity contribution in [1.29, 1.82) is 0 Å². The Labute approximate surface area is 96.0 Å². The van der Waals surface area contributed by atoms with Crippen molar-refractivity contribution < 1.29 is 0 Å². The molecule has 82 valence electrons. The molecule has 0 unspecified atom stereocenters. The van der Waals surface area contributed by atoms with E-state index in [1.54, 1.807) is 0 Å². The van der Waals surface area contributed by atoms with Crippen molar-refractivity contribution in [2.45, 2.75) is 19.8 Å². The fraction of sp³-hybridized carbons (Fsp3) is 0.500. The molecule has 0 aromatic heterocycles. The first-order valence-corrected chi connectivity index (χ1v) is 5.85. The highest BCUT2D eigenvalue weighted by atomic mass is 35.5. The highest BCUT2D eigenvalue weighted by Gasteiger charge is 2.19. The van der Waals surface area contributed by atoms with Crippen LogP contribution in [0.5, 0.6) is 0 Å². The van der Waals surface area contributed by atoms with Crippen LogP contribution < -0.4 is 10.6 Å². The number of anilines is 2. The SMILES string of the molecule is CC1CCN(c2c(N)cccc2Cl)CC1. The van der Waals surface area contributed by atoms with Gasteiger partial charge in [0.2, 0.25) is 0 Å². The Bertz CT molecular complexity index is 323. The van der Waals surface area contributed by atoms with E-state index in [0.717, 1.165) is 35.4 Å². The monoisotopic (exact) mass is 224 g/mol. The molecule has 1 aliphatic rings. The Morgan fingerprint density at radius 3 is 2.60 bits per heavy atom. The molecule has 0 spiro atoms. The van der Waals surface area contributed by atoms with Crippen molar-refractivity contribution in [1.82, 2.24) is 0 Å². The Hall–Kier alpha value is -0.890. The average Bonchev–Trinajstić information content (AvgIpc) is 2.20. The summed E-state index contributed by atoms with van der Waals surface area (Å²) >= 11 is 6.18. The minimum Gasteiger partial charge on any atom is -0.397 e. The lowest BCUT2D eigenvalue weighted by Crippen LogP contribution is -2.33. The summed E-state index contributed by atoms with van der Waals surface area (Å²) < 4.78 is 0. The van der Waals surface area contributed by atoms with Gasteiger partial charge in [0, 0.05) is 13.1 Å². The summed E-state index contributed by atoms with van der Waals surface area (Å²) in [4.78, 5) is 2.30. The van der Waals surface area contributed by atoms with Crippen LogP contribution in [-0.2, 0) is 0 Å². The average molecular weight is 225 g/mol. The molecule has 2 nitrogen and oxygen atoms in total. The Balaban J connectivity index is 2.22. The van der Waals surface area contributed by atoms with E-state index in [0.29, 0.717) is 0 Å². The molecule has 0 saturated carbocycles. The van der Waals surface area contributed by atoms with E-state index in [2.05, 4.69) is 11.8 Å². The van der Waals surface area contributed by atoms with E-state index in [-0.39, 0.29) is 0 Å². The number of para-hydroxylation sites is 1. The maximum atomic E-state index is 6.18. The van der Waals surface area contributed by atoms with Gasteiger partial charge >= 0.3 is 0 Å². The summed E-state index contributed by atoms with van der Waals surface area (Å²) in [5, 5.41) is 0.768. The number of benzene rings is 1. The predicted molar refractivity (Wildman–Crippen MR) is 66.5 cm³/mol. The predicted octanol–water partition coefficient (Wildman–Crippen LogP) is 3.16. The number of nitrogen functional groups attached to an aromatic ring is 1. The van der Waals surface area contributed by atoms with Crippen LogP contribution in [0.3, 0.4) is 0 Å². The van der Waals surface area contributed by atoms with E-state index < -0.39 is 0 Å². The molecule has 2 rings (SSSR count). The fourth-order valence-corrected chi connectivity index (χ4v) is 2.40. The Kier molecular flexibility index (Phi) is 3.06. The summed E-state index contributed by atoms with van der Waals surface area (Å²) in [6.07, 6.45) is 2.45. The van der Waals surface area contributed by atoms with Gasteiger partial charge in [-0.3, -0.25) is 0 Å². The van der Waals surface area contributed by atoms with Gasteiger partial charge in [0.05, 0.1) is 16.4 Å². The van der Waals surface area contributed by atoms with Gasteiger partial charge in [0.25, 0.3) is 0 Å². The second-order valence-corrected chi connectivity index (χ2v) is 4.75. The van der Waals surface area contributed by atoms with E-state index in [4.69, 9.17) is 17.3 Å². The summed E-state index contributed by atoms with van der Waals surface area (Å²) in [5.74, 6) is 0.824. The summed E-state index contributed by atoms with van der Waals surface area (Å²) in [6, 6.07) is 5.72. The zero-order valence-corrected chi connectivity index (χ0v) is 9.80. The molecule has 3 heteroatoms. The molecule has 1 heterocycles. The van der Waals surface area contributed by atoms with E-state index >= 15 is 0 Å². The zero-order chi connectivity index (χ0) is 10.8.